The van der Waals surface area contributed by atoms with Crippen molar-refractivity contribution in [3.63, 3.8) is 0 Å². The molecule has 1 heterocycles. The SMILES string of the molecule is COc1cccc(OCc2c[nH]c3ccc(Cl)cc23)c1. The average molecular weight is 288 g/mol. The van der Waals surface area contributed by atoms with Gasteiger partial charge in [-0.15, -0.1) is 0 Å². The number of aromatic nitrogens is 1. The zero-order valence-corrected chi connectivity index (χ0v) is 11.8. The van der Waals surface area contributed by atoms with Gasteiger partial charge >= 0.3 is 0 Å². The summed E-state index contributed by atoms with van der Waals surface area (Å²) >= 11 is 6.03. The van der Waals surface area contributed by atoms with Crippen molar-refractivity contribution in [3.8, 4) is 11.5 Å². The van der Waals surface area contributed by atoms with E-state index in [-0.39, 0.29) is 0 Å². The van der Waals surface area contributed by atoms with Crippen LogP contribution in [-0.4, -0.2) is 12.1 Å². The molecule has 0 radical (unpaired) electrons. The van der Waals surface area contributed by atoms with Gasteiger partial charge < -0.3 is 14.5 Å². The summed E-state index contributed by atoms with van der Waals surface area (Å²) in [7, 11) is 1.64. The van der Waals surface area contributed by atoms with Crippen LogP contribution in [0.4, 0.5) is 0 Å². The lowest BCUT2D eigenvalue weighted by atomic mass is 10.2. The Labute approximate surface area is 122 Å². The summed E-state index contributed by atoms with van der Waals surface area (Å²) in [4.78, 5) is 3.21. The van der Waals surface area contributed by atoms with Gasteiger partial charge in [0.25, 0.3) is 0 Å². The van der Waals surface area contributed by atoms with Gasteiger partial charge in [-0.1, -0.05) is 17.7 Å². The Balaban J connectivity index is 1.81. The van der Waals surface area contributed by atoms with Crippen LogP contribution in [0.5, 0.6) is 11.5 Å². The molecule has 0 atom stereocenters. The van der Waals surface area contributed by atoms with E-state index in [0.717, 1.165) is 33.0 Å². The first-order chi connectivity index (χ1) is 9.76. The van der Waals surface area contributed by atoms with Gasteiger partial charge in [-0.2, -0.15) is 0 Å². The van der Waals surface area contributed by atoms with Crippen molar-refractivity contribution in [2.24, 2.45) is 0 Å². The van der Waals surface area contributed by atoms with Crippen molar-refractivity contribution in [1.29, 1.82) is 0 Å². The molecule has 0 aliphatic carbocycles. The zero-order valence-electron chi connectivity index (χ0n) is 11.0. The van der Waals surface area contributed by atoms with Crippen LogP contribution in [0.1, 0.15) is 5.56 Å². The van der Waals surface area contributed by atoms with E-state index in [1.807, 2.05) is 48.7 Å². The van der Waals surface area contributed by atoms with Crippen molar-refractivity contribution in [2.75, 3.05) is 7.11 Å². The third kappa shape index (κ3) is 2.58. The maximum Gasteiger partial charge on any atom is 0.123 e. The summed E-state index contributed by atoms with van der Waals surface area (Å²) < 4.78 is 11.0. The second kappa shape index (κ2) is 5.47. The van der Waals surface area contributed by atoms with Crippen molar-refractivity contribution in [3.05, 3.63) is 59.2 Å². The number of hydrogen-bond acceptors (Lipinski definition) is 2. The lowest BCUT2D eigenvalue weighted by Crippen LogP contribution is -1.94. The molecule has 0 bridgehead atoms. The molecule has 20 heavy (non-hydrogen) atoms. The lowest BCUT2D eigenvalue weighted by molar-refractivity contribution is 0.305. The molecule has 102 valence electrons. The second-order valence-corrected chi connectivity index (χ2v) is 4.91. The van der Waals surface area contributed by atoms with Gasteiger partial charge in [0.2, 0.25) is 0 Å². The van der Waals surface area contributed by atoms with Crippen molar-refractivity contribution >= 4 is 22.5 Å². The molecule has 0 saturated heterocycles. The smallest absolute Gasteiger partial charge is 0.123 e. The molecule has 3 rings (SSSR count). The molecular formula is C16H14ClNO2. The monoisotopic (exact) mass is 287 g/mol. The summed E-state index contributed by atoms with van der Waals surface area (Å²) in [6.07, 6.45) is 1.95. The average Bonchev–Trinajstić information content (AvgIpc) is 2.87. The first-order valence-corrected chi connectivity index (χ1v) is 6.66. The molecule has 0 aliphatic heterocycles. The van der Waals surface area contributed by atoms with Crippen LogP contribution in [-0.2, 0) is 6.61 Å². The molecule has 1 aromatic heterocycles. The summed E-state index contributed by atoms with van der Waals surface area (Å²) in [6.45, 7) is 0.480. The summed E-state index contributed by atoms with van der Waals surface area (Å²) in [6, 6.07) is 13.3. The van der Waals surface area contributed by atoms with Gasteiger partial charge in [0.1, 0.15) is 18.1 Å². The Morgan fingerprint density at radius 1 is 1.10 bits per heavy atom. The van der Waals surface area contributed by atoms with Crippen LogP contribution in [0.3, 0.4) is 0 Å². The first kappa shape index (κ1) is 12.9. The highest BCUT2D eigenvalue weighted by Gasteiger charge is 2.05. The van der Waals surface area contributed by atoms with Crippen LogP contribution in [0.15, 0.2) is 48.7 Å². The summed E-state index contributed by atoms with van der Waals surface area (Å²) in [5, 5.41) is 1.81. The number of fused-ring (bicyclic) bond motifs is 1. The van der Waals surface area contributed by atoms with Crippen molar-refractivity contribution in [1.82, 2.24) is 4.98 Å². The highest BCUT2D eigenvalue weighted by Crippen LogP contribution is 2.25. The molecule has 2 aromatic carbocycles. The Morgan fingerprint density at radius 2 is 1.95 bits per heavy atom. The molecule has 0 spiro atoms. The van der Waals surface area contributed by atoms with Crippen molar-refractivity contribution in [2.45, 2.75) is 6.61 Å². The Hall–Kier alpha value is -2.13. The predicted octanol–water partition coefficient (Wildman–Crippen LogP) is 4.41. The molecule has 3 nitrogen and oxygen atoms in total. The van der Waals surface area contributed by atoms with Crippen LogP contribution in [0, 0.1) is 0 Å². The largest absolute Gasteiger partial charge is 0.497 e. The molecule has 0 saturated carbocycles. The van der Waals surface area contributed by atoms with E-state index < -0.39 is 0 Å². The zero-order chi connectivity index (χ0) is 13.9. The van der Waals surface area contributed by atoms with Gasteiger partial charge in [0.15, 0.2) is 0 Å². The van der Waals surface area contributed by atoms with Gasteiger partial charge in [-0.3, -0.25) is 0 Å². The fraction of sp³-hybridized carbons (Fsp3) is 0.125. The Kier molecular flexibility index (Phi) is 3.52. The Bertz CT molecular complexity index is 736. The minimum absolute atomic E-state index is 0.480. The molecule has 3 aromatic rings. The molecule has 0 aliphatic rings. The number of H-pyrrole nitrogens is 1. The van der Waals surface area contributed by atoms with Crippen LogP contribution >= 0.6 is 11.6 Å². The number of halogens is 1. The first-order valence-electron chi connectivity index (χ1n) is 6.28. The standard InChI is InChI=1S/C16H14ClNO2/c1-19-13-3-2-4-14(8-13)20-10-11-9-18-16-6-5-12(17)7-15(11)16/h2-9,18H,10H2,1H3. The lowest BCUT2D eigenvalue weighted by Gasteiger charge is -2.07. The summed E-state index contributed by atoms with van der Waals surface area (Å²) in [5.41, 5.74) is 2.13. The number of benzene rings is 2. The van der Waals surface area contributed by atoms with Crippen LogP contribution < -0.4 is 9.47 Å². The number of aromatic amines is 1. The van der Waals surface area contributed by atoms with E-state index in [4.69, 9.17) is 21.1 Å². The number of ether oxygens (including phenoxy) is 2. The fourth-order valence-electron chi connectivity index (χ4n) is 2.12. The fourth-order valence-corrected chi connectivity index (χ4v) is 2.29. The van der Waals surface area contributed by atoms with Crippen LogP contribution in [0.2, 0.25) is 5.02 Å². The normalized spacial score (nSPS) is 10.7. The van der Waals surface area contributed by atoms with Gasteiger partial charge in [-0.25, -0.2) is 0 Å². The third-order valence-electron chi connectivity index (χ3n) is 3.17. The van der Waals surface area contributed by atoms with E-state index in [9.17, 15) is 0 Å². The van der Waals surface area contributed by atoms with Gasteiger partial charge in [-0.05, 0) is 30.3 Å². The minimum atomic E-state index is 0.480. The van der Waals surface area contributed by atoms with Crippen LogP contribution in [0.25, 0.3) is 10.9 Å². The van der Waals surface area contributed by atoms with Gasteiger partial charge in [0, 0.05) is 33.8 Å². The number of methoxy groups -OCH3 is 1. The van der Waals surface area contributed by atoms with E-state index in [2.05, 4.69) is 4.98 Å². The second-order valence-electron chi connectivity index (χ2n) is 4.47. The number of rotatable bonds is 4. The van der Waals surface area contributed by atoms with Gasteiger partial charge in [0.05, 0.1) is 7.11 Å². The quantitative estimate of drug-likeness (QED) is 0.771. The van der Waals surface area contributed by atoms with E-state index in [0.29, 0.717) is 6.61 Å². The Morgan fingerprint density at radius 3 is 2.80 bits per heavy atom. The van der Waals surface area contributed by atoms with Crippen molar-refractivity contribution < 1.29 is 9.47 Å². The number of hydrogen-bond donors (Lipinski definition) is 1. The topological polar surface area (TPSA) is 34.2 Å². The molecule has 0 amide bonds. The third-order valence-corrected chi connectivity index (χ3v) is 3.40. The molecule has 0 fully saturated rings. The van der Waals surface area contributed by atoms with E-state index in [1.54, 1.807) is 7.11 Å². The van der Waals surface area contributed by atoms with E-state index in [1.165, 1.54) is 0 Å². The molecule has 4 heteroatoms. The maximum absolute atomic E-state index is 6.03. The highest BCUT2D eigenvalue weighted by atomic mass is 35.5. The predicted molar refractivity (Wildman–Crippen MR) is 80.6 cm³/mol. The number of nitrogens with one attached hydrogen (secondary N) is 1. The highest BCUT2D eigenvalue weighted by molar-refractivity contribution is 6.31. The molecule has 0 unspecified atom stereocenters. The molecule has 1 N–H and O–H groups in total. The van der Waals surface area contributed by atoms with E-state index >= 15 is 0 Å². The minimum Gasteiger partial charge on any atom is -0.497 e. The molecular weight excluding hydrogens is 274 g/mol. The summed E-state index contributed by atoms with van der Waals surface area (Å²) in [5.74, 6) is 1.56. The maximum atomic E-state index is 6.03.